The molecule has 3 aromatic heterocycles. The van der Waals surface area contributed by atoms with E-state index in [0.717, 1.165) is 18.2 Å². The maximum atomic E-state index is 13.7. The standard InChI is InChI=1S/C29H25Cl2F2N5O/c1-16-5-11-23(17(2)35-16)29(39,25-15-34-37-38(25)4)20-10-12-24-21(14-20)26(30)22(27(31)36-24)13-18-6-8-19(9-7-18)28(3,32)33/h5-12,14-15,39H,13H2,1-4H3. The summed E-state index contributed by atoms with van der Waals surface area (Å²) in [5.41, 5.74) is 3.13. The van der Waals surface area contributed by atoms with Crippen molar-refractivity contribution in [2.75, 3.05) is 0 Å². The molecule has 0 fully saturated rings. The predicted molar refractivity (Wildman–Crippen MR) is 147 cm³/mol. The quantitative estimate of drug-likeness (QED) is 0.232. The fourth-order valence-corrected chi connectivity index (χ4v) is 5.47. The Hall–Kier alpha value is -3.46. The van der Waals surface area contributed by atoms with E-state index in [0.29, 0.717) is 44.0 Å². The molecule has 1 atom stereocenters. The second-order valence-corrected chi connectivity index (χ2v) is 10.5. The van der Waals surface area contributed by atoms with Crippen LogP contribution in [0.5, 0.6) is 0 Å². The number of hydrogen-bond donors (Lipinski definition) is 1. The van der Waals surface area contributed by atoms with Gasteiger partial charge in [0.05, 0.1) is 22.4 Å². The Morgan fingerprint density at radius 2 is 1.64 bits per heavy atom. The van der Waals surface area contributed by atoms with E-state index < -0.39 is 11.5 Å². The topological polar surface area (TPSA) is 76.7 Å². The largest absolute Gasteiger partial charge is 0.374 e. The van der Waals surface area contributed by atoms with Crippen LogP contribution in [0.1, 0.15) is 51.8 Å². The van der Waals surface area contributed by atoms with Crippen molar-refractivity contribution >= 4 is 34.1 Å². The lowest BCUT2D eigenvalue weighted by Crippen LogP contribution is -2.32. The number of aromatic nitrogens is 5. The molecule has 200 valence electrons. The number of aliphatic hydroxyl groups is 1. The van der Waals surface area contributed by atoms with Gasteiger partial charge in [0.1, 0.15) is 5.15 Å². The summed E-state index contributed by atoms with van der Waals surface area (Å²) < 4.78 is 28.8. The van der Waals surface area contributed by atoms with Crippen molar-refractivity contribution in [3.8, 4) is 0 Å². The molecular formula is C29H25Cl2F2N5O. The van der Waals surface area contributed by atoms with Gasteiger partial charge in [-0.3, -0.25) is 4.98 Å². The molecule has 10 heteroatoms. The Kier molecular flexibility index (Phi) is 6.91. The van der Waals surface area contributed by atoms with Gasteiger partial charge in [0, 0.05) is 53.9 Å². The Balaban J connectivity index is 1.66. The number of pyridine rings is 2. The zero-order valence-electron chi connectivity index (χ0n) is 21.7. The first kappa shape index (κ1) is 27.1. The first-order chi connectivity index (χ1) is 18.4. The summed E-state index contributed by atoms with van der Waals surface area (Å²) in [4.78, 5) is 9.10. The Morgan fingerprint density at radius 1 is 0.949 bits per heavy atom. The van der Waals surface area contributed by atoms with E-state index >= 15 is 0 Å². The minimum Gasteiger partial charge on any atom is -0.374 e. The molecule has 0 aliphatic rings. The number of nitrogens with zero attached hydrogens (tertiary/aromatic N) is 5. The zero-order chi connectivity index (χ0) is 28.1. The molecule has 0 amide bonds. The van der Waals surface area contributed by atoms with Gasteiger partial charge in [0.25, 0.3) is 5.92 Å². The van der Waals surface area contributed by atoms with Gasteiger partial charge in [-0.1, -0.05) is 64.8 Å². The normalized spacial score (nSPS) is 13.6. The molecule has 5 aromatic rings. The van der Waals surface area contributed by atoms with Crippen LogP contribution in [-0.2, 0) is 25.0 Å². The van der Waals surface area contributed by atoms with Gasteiger partial charge in [-0.2, -0.15) is 0 Å². The summed E-state index contributed by atoms with van der Waals surface area (Å²) in [6, 6.07) is 15.0. The summed E-state index contributed by atoms with van der Waals surface area (Å²) in [5.74, 6) is -2.93. The molecule has 3 heterocycles. The van der Waals surface area contributed by atoms with Crippen molar-refractivity contribution in [2.24, 2.45) is 7.05 Å². The Morgan fingerprint density at radius 3 is 2.26 bits per heavy atom. The summed E-state index contributed by atoms with van der Waals surface area (Å²) in [5, 5.41) is 21.6. The third-order valence-corrected chi connectivity index (χ3v) is 7.67. The van der Waals surface area contributed by atoms with E-state index in [4.69, 9.17) is 23.2 Å². The van der Waals surface area contributed by atoms with Gasteiger partial charge >= 0.3 is 0 Å². The highest BCUT2D eigenvalue weighted by Gasteiger charge is 2.39. The molecule has 0 aliphatic heterocycles. The first-order valence-electron chi connectivity index (χ1n) is 12.2. The number of rotatable bonds is 6. The van der Waals surface area contributed by atoms with Crippen LogP contribution in [0.3, 0.4) is 0 Å². The third-order valence-electron chi connectivity index (χ3n) is 6.93. The summed E-state index contributed by atoms with van der Waals surface area (Å²) in [6.45, 7) is 4.58. The molecule has 2 aromatic carbocycles. The highest BCUT2D eigenvalue weighted by molar-refractivity contribution is 6.39. The van der Waals surface area contributed by atoms with E-state index in [9.17, 15) is 13.9 Å². The van der Waals surface area contributed by atoms with Gasteiger partial charge in [-0.05, 0) is 43.2 Å². The summed E-state index contributed by atoms with van der Waals surface area (Å²) >= 11 is 13.4. The van der Waals surface area contributed by atoms with Crippen LogP contribution in [-0.4, -0.2) is 30.1 Å². The number of hydrogen-bond acceptors (Lipinski definition) is 5. The molecule has 0 radical (unpaired) electrons. The van der Waals surface area contributed by atoms with Crippen LogP contribution in [0.4, 0.5) is 8.78 Å². The van der Waals surface area contributed by atoms with Crippen molar-refractivity contribution in [3.63, 3.8) is 0 Å². The first-order valence-corrected chi connectivity index (χ1v) is 12.9. The average molecular weight is 568 g/mol. The molecule has 0 saturated carbocycles. The SMILES string of the molecule is Cc1ccc(C(O)(c2ccc3nc(Cl)c(Cc4ccc(C(C)(F)F)cc4)c(Cl)c3c2)c2cnnn2C)c(C)n1. The lowest BCUT2D eigenvalue weighted by molar-refractivity contribution is 0.0174. The zero-order valence-corrected chi connectivity index (χ0v) is 23.2. The van der Waals surface area contributed by atoms with E-state index in [1.54, 1.807) is 37.4 Å². The number of aryl methyl sites for hydroxylation is 3. The number of benzene rings is 2. The number of fused-ring (bicyclic) bond motifs is 1. The van der Waals surface area contributed by atoms with Gasteiger partial charge in [-0.25, -0.2) is 18.4 Å². The summed E-state index contributed by atoms with van der Waals surface area (Å²) in [6.07, 6.45) is 1.80. The van der Waals surface area contributed by atoms with Crippen molar-refractivity contribution in [1.29, 1.82) is 0 Å². The maximum Gasteiger partial charge on any atom is 0.270 e. The molecule has 1 N–H and O–H groups in total. The van der Waals surface area contributed by atoms with Crippen molar-refractivity contribution in [2.45, 2.75) is 38.7 Å². The van der Waals surface area contributed by atoms with Crippen molar-refractivity contribution in [3.05, 3.63) is 116 Å². The maximum absolute atomic E-state index is 13.7. The van der Waals surface area contributed by atoms with Gasteiger partial charge in [0.2, 0.25) is 0 Å². The number of halogens is 4. The van der Waals surface area contributed by atoms with Crippen LogP contribution < -0.4 is 0 Å². The molecule has 6 nitrogen and oxygen atoms in total. The van der Waals surface area contributed by atoms with E-state index in [-0.39, 0.29) is 17.1 Å². The smallest absolute Gasteiger partial charge is 0.270 e. The average Bonchev–Trinajstić information content (AvgIpc) is 3.32. The molecular weight excluding hydrogens is 543 g/mol. The van der Waals surface area contributed by atoms with Crippen LogP contribution in [0.15, 0.2) is 60.8 Å². The molecule has 5 rings (SSSR count). The molecule has 0 bridgehead atoms. The minimum atomic E-state index is -2.93. The summed E-state index contributed by atoms with van der Waals surface area (Å²) in [7, 11) is 1.71. The van der Waals surface area contributed by atoms with E-state index in [1.807, 2.05) is 26.0 Å². The third kappa shape index (κ3) is 4.88. The van der Waals surface area contributed by atoms with Crippen LogP contribution in [0, 0.1) is 13.8 Å². The van der Waals surface area contributed by atoms with E-state index in [2.05, 4.69) is 20.3 Å². The van der Waals surface area contributed by atoms with Crippen LogP contribution in [0.25, 0.3) is 10.9 Å². The number of alkyl halides is 2. The monoisotopic (exact) mass is 567 g/mol. The van der Waals surface area contributed by atoms with E-state index in [1.165, 1.54) is 23.0 Å². The second kappa shape index (κ2) is 9.93. The van der Waals surface area contributed by atoms with Crippen LogP contribution >= 0.6 is 23.2 Å². The Labute approximate surface area is 234 Å². The second-order valence-electron chi connectivity index (χ2n) is 9.73. The molecule has 1 unspecified atom stereocenters. The fraction of sp³-hybridized carbons (Fsp3) is 0.241. The highest BCUT2D eigenvalue weighted by Crippen LogP contribution is 2.41. The highest BCUT2D eigenvalue weighted by atomic mass is 35.5. The molecule has 0 aliphatic carbocycles. The van der Waals surface area contributed by atoms with Crippen LogP contribution in [0.2, 0.25) is 10.2 Å². The van der Waals surface area contributed by atoms with Crippen molar-refractivity contribution in [1.82, 2.24) is 25.0 Å². The molecule has 39 heavy (non-hydrogen) atoms. The predicted octanol–water partition coefficient (Wildman–Crippen LogP) is 6.67. The fourth-order valence-electron chi connectivity index (χ4n) is 4.86. The van der Waals surface area contributed by atoms with Gasteiger partial charge in [-0.15, -0.1) is 5.10 Å². The lowest BCUT2D eigenvalue weighted by Gasteiger charge is -2.30. The van der Waals surface area contributed by atoms with Crippen molar-refractivity contribution < 1.29 is 13.9 Å². The lowest BCUT2D eigenvalue weighted by atomic mass is 9.82. The van der Waals surface area contributed by atoms with Gasteiger partial charge in [0.15, 0.2) is 5.60 Å². The minimum absolute atomic E-state index is 0.0745. The Bertz CT molecular complexity index is 1700. The molecule has 0 saturated heterocycles. The van der Waals surface area contributed by atoms with Gasteiger partial charge < -0.3 is 5.11 Å². The molecule has 0 spiro atoms.